The Balaban J connectivity index is 2.71. The van der Waals surface area contributed by atoms with Gasteiger partial charge in [0.1, 0.15) is 6.26 Å². The van der Waals surface area contributed by atoms with E-state index in [9.17, 15) is 0 Å². The minimum atomic E-state index is 1.05. The summed E-state index contributed by atoms with van der Waals surface area (Å²) in [6, 6.07) is 4.13. The standard InChI is InChI=1S/C9H5NOS/c1-2-8-9(10-5-12-8)7-4-11-3-6(1)7/h1-5H. The van der Waals surface area contributed by atoms with Crippen molar-refractivity contribution in [3.05, 3.63) is 30.2 Å². The van der Waals surface area contributed by atoms with Gasteiger partial charge in [0.2, 0.25) is 0 Å². The second-order valence-corrected chi connectivity index (χ2v) is 3.53. The highest BCUT2D eigenvalue weighted by Crippen LogP contribution is 2.27. The van der Waals surface area contributed by atoms with Gasteiger partial charge in [-0.3, -0.25) is 0 Å². The van der Waals surface area contributed by atoms with E-state index in [1.807, 2.05) is 5.51 Å². The molecule has 3 rings (SSSR count). The van der Waals surface area contributed by atoms with Crippen LogP contribution < -0.4 is 0 Å². The maximum atomic E-state index is 5.11. The number of hydrogen-bond acceptors (Lipinski definition) is 3. The van der Waals surface area contributed by atoms with E-state index in [2.05, 4.69) is 17.1 Å². The zero-order chi connectivity index (χ0) is 7.97. The molecule has 0 atom stereocenters. The highest BCUT2D eigenvalue weighted by atomic mass is 32.1. The molecule has 0 spiro atoms. The number of furan rings is 1. The monoisotopic (exact) mass is 175 g/mol. The van der Waals surface area contributed by atoms with Crippen molar-refractivity contribution in [3.63, 3.8) is 0 Å². The molecular formula is C9H5NOS. The van der Waals surface area contributed by atoms with Crippen LogP contribution in [-0.2, 0) is 0 Å². The van der Waals surface area contributed by atoms with E-state index < -0.39 is 0 Å². The fourth-order valence-corrected chi connectivity index (χ4v) is 2.06. The van der Waals surface area contributed by atoms with E-state index in [0.717, 1.165) is 16.3 Å². The summed E-state index contributed by atoms with van der Waals surface area (Å²) >= 11 is 1.65. The Bertz CT molecular complexity index is 488. The van der Waals surface area contributed by atoms with Crippen LogP contribution in [0.15, 0.2) is 34.6 Å². The topological polar surface area (TPSA) is 26.0 Å². The molecule has 0 aliphatic heterocycles. The molecule has 0 aliphatic rings. The SMILES string of the molecule is c1nc2c(ccc3cocc32)s1. The van der Waals surface area contributed by atoms with E-state index in [0.29, 0.717) is 0 Å². The van der Waals surface area contributed by atoms with E-state index in [1.54, 1.807) is 23.9 Å². The molecule has 0 aliphatic carbocycles. The maximum absolute atomic E-state index is 5.11. The normalized spacial score (nSPS) is 11.3. The lowest BCUT2D eigenvalue weighted by atomic mass is 10.2. The number of rotatable bonds is 0. The highest BCUT2D eigenvalue weighted by Gasteiger charge is 2.03. The molecule has 0 fully saturated rings. The molecule has 58 valence electrons. The summed E-state index contributed by atoms with van der Waals surface area (Å²) < 4.78 is 6.32. The molecule has 0 saturated heterocycles. The molecule has 2 heterocycles. The van der Waals surface area contributed by atoms with Crippen LogP contribution in [0.2, 0.25) is 0 Å². The lowest BCUT2D eigenvalue weighted by molar-refractivity contribution is 0.572. The van der Waals surface area contributed by atoms with Gasteiger partial charge in [-0.25, -0.2) is 4.98 Å². The third kappa shape index (κ3) is 0.662. The van der Waals surface area contributed by atoms with E-state index in [4.69, 9.17) is 4.42 Å². The predicted octanol–water partition coefficient (Wildman–Crippen LogP) is 3.04. The minimum Gasteiger partial charge on any atom is -0.471 e. The van der Waals surface area contributed by atoms with Gasteiger partial charge in [-0.05, 0) is 12.1 Å². The second-order valence-electron chi connectivity index (χ2n) is 2.64. The van der Waals surface area contributed by atoms with Crippen molar-refractivity contribution >= 4 is 32.3 Å². The summed E-state index contributed by atoms with van der Waals surface area (Å²) in [6.07, 6.45) is 3.49. The van der Waals surface area contributed by atoms with Crippen LogP contribution in [0, 0.1) is 0 Å². The van der Waals surface area contributed by atoms with Gasteiger partial charge in [0.15, 0.2) is 0 Å². The first-order valence-electron chi connectivity index (χ1n) is 3.63. The van der Waals surface area contributed by atoms with Crippen LogP contribution >= 0.6 is 11.3 Å². The summed E-state index contributed by atoms with van der Waals surface area (Å²) in [5, 5.41) is 2.22. The van der Waals surface area contributed by atoms with Crippen molar-refractivity contribution in [2.75, 3.05) is 0 Å². The first kappa shape index (κ1) is 6.20. The molecule has 1 aromatic carbocycles. The zero-order valence-electron chi connectivity index (χ0n) is 6.15. The average Bonchev–Trinajstić information content (AvgIpc) is 2.71. The molecular weight excluding hydrogens is 170 g/mol. The van der Waals surface area contributed by atoms with Crippen molar-refractivity contribution in [1.29, 1.82) is 0 Å². The Morgan fingerprint density at radius 3 is 3.25 bits per heavy atom. The average molecular weight is 175 g/mol. The van der Waals surface area contributed by atoms with Crippen LogP contribution in [0.25, 0.3) is 21.0 Å². The van der Waals surface area contributed by atoms with Crippen LogP contribution in [0.5, 0.6) is 0 Å². The van der Waals surface area contributed by atoms with Gasteiger partial charge < -0.3 is 4.42 Å². The molecule has 3 aromatic rings. The molecule has 0 saturated carbocycles. The predicted molar refractivity (Wildman–Crippen MR) is 49.4 cm³/mol. The molecule has 0 N–H and O–H groups in total. The van der Waals surface area contributed by atoms with Gasteiger partial charge in [0, 0.05) is 10.8 Å². The maximum Gasteiger partial charge on any atom is 0.100 e. The lowest BCUT2D eigenvalue weighted by Gasteiger charge is -1.87. The molecule has 12 heavy (non-hydrogen) atoms. The number of aromatic nitrogens is 1. The van der Waals surface area contributed by atoms with Crippen molar-refractivity contribution in [3.8, 4) is 0 Å². The lowest BCUT2D eigenvalue weighted by Crippen LogP contribution is -1.67. The van der Waals surface area contributed by atoms with Crippen LogP contribution in [-0.4, -0.2) is 4.98 Å². The summed E-state index contributed by atoms with van der Waals surface area (Å²) in [7, 11) is 0. The molecule has 0 bridgehead atoms. The largest absolute Gasteiger partial charge is 0.471 e. The van der Waals surface area contributed by atoms with E-state index in [-0.39, 0.29) is 0 Å². The fourth-order valence-electron chi connectivity index (χ4n) is 1.37. The molecule has 0 unspecified atom stereocenters. The van der Waals surface area contributed by atoms with Crippen LogP contribution in [0.4, 0.5) is 0 Å². The summed E-state index contributed by atoms with van der Waals surface area (Å²) in [5.41, 5.74) is 2.91. The number of fused-ring (bicyclic) bond motifs is 3. The summed E-state index contributed by atoms with van der Waals surface area (Å²) in [6.45, 7) is 0. The Kier molecular flexibility index (Phi) is 1.07. The Morgan fingerprint density at radius 2 is 2.25 bits per heavy atom. The Labute approximate surface area is 72.4 Å². The number of benzene rings is 1. The number of hydrogen-bond donors (Lipinski definition) is 0. The van der Waals surface area contributed by atoms with Crippen LogP contribution in [0.3, 0.4) is 0 Å². The zero-order valence-corrected chi connectivity index (χ0v) is 6.97. The molecule has 2 nitrogen and oxygen atoms in total. The smallest absolute Gasteiger partial charge is 0.100 e. The van der Waals surface area contributed by atoms with E-state index >= 15 is 0 Å². The first-order chi connectivity index (χ1) is 5.95. The minimum absolute atomic E-state index is 1.05. The van der Waals surface area contributed by atoms with Crippen molar-refractivity contribution in [2.45, 2.75) is 0 Å². The van der Waals surface area contributed by atoms with Crippen molar-refractivity contribution in [2.24, 2.45) is 0 Å². The quantitative estimate of drug-likeness (QED) is 0.525. The Hall–Kier alpha value is -1.35. The second kappa shape index (κ2) is 2.08. The number of nitrogens with zero attached hydrogens (tertiary/aromatic N) is 1. The molecule has 0 amide bonds. The fraction of sp³-hybridized carbons (Fsp3) is 0. The first-order valence-corrected chi connectivity index (χ1v) is 4.51. The third-order valence-electron chi connectivity index (χ3n) is 1.96. The van der Waals surface area contributed by atoms with Crippen molar-refractivity contribution in [1.82, 2.24) is 4.98 Å². The summed E-state index contributed by atoms with van der Waals surface area (Å²) in [5.74, 6) is 0. The van der Waals surface area contributed by atoms with Gasteiger partial charge in [0.25, 0.3) is 0 Å². The van der Waals surface area contributed by atoms with Gasteiger partial charge in [-0.2, -0.15) is 0 Å². The van der Waals surface area contributed by atoms with E-state index in [1.165, 1.54) is 4.70 Å². The number of thiazole rings is 1. The molecule has 3 heteroatoms. The third-order valence-corrected chi connectivity index (χ3v) is 2.75. The molecule has 2 aromatic heterocycles. The van der Waals surface area contributed by atoms with Gasteiger partial charge in [-0.15, -0.1) is 11.3 Å². The van der Waals surface area contributed by atoms with Gasteiger partial charge in [0.05, 0.1) is 22.0 Å². The highest BCUT2D eigenvalue weighted by molar-refractivity contribution is 7.16. The van der Waals surface area contributed by atoms with Gasteiger partial charge in [-0.1, -0.05) is 0 Å². The summed E-state index contributed by atoms with van der Waals surface area (Å²) in [4.78, 5) is 4.28. The Morgan fingerprint density at radius 1 is 1.25 bits per heavy atom. The van der Waals surface area contributed by atoms with Crippen molar-refractivity contribution < 1.29 is 4.42 Å². The van der Waals surface area contributed by atoms with Gasteiger partial charge >= 0.3 is 0 Å². The van der Waals surface area contributed by atoms with Crippen LogP contribution in [0.1, 0.15) is 0 Å². The molecule has 0 radical (unpaired) electrons.